The summed E-state index contributed by atoms with van der Waals surface area (Å²) >= 11 is 5.66. The molecule has 0 aliphatic rings. The van der Waals surface area contributed by atoms with Crippen LogP contribution in [0.1, 0.15) is 11.4 Å². The third-order valence-corrected chi connectivity index (χ3v) is 3.35. The van der Waals surface area contributed by atoms with Gasteiger partial charge >= 0.3 is 0 Å². The summed E-state index contributed by atoms with van der Waals surface area (Å²) in [6.45, 7) is 3.58. The van der Waals surface area contributed by atoms with Crippen LogP contribution in [0.5, 0.6) is 0 Å². The fraction of sp³-hybridized carbons (Fsp3) is 0.200. The Morgan fingerprint density at radius 2 is 1.86 bits per heavy atom. The number of carbonyl (C=O) groups is 1. The highest BCUT2D eigenvalue weighted by atomic mass is 35.5. The normalized spacial score (nSPS) is 10.5. The number of benzene rings is 1. The highest BCUT2D eigenvalue weighted by Gasteiger charge is 2.09. The molecular formula is C15H14ClFN2O2. The molecule has 1 aromatic carbocycles. The van der Waals surface area contributed by atoms with Crippen LogP contribution in [0, 0.1) is 19.7 Å². The second-order valence-corrected chi connectivity index (χ2v) is 5.14. The fourth-order valence-electron chi connectivity index (χ4n) is 2.05. The number of halogens is 2. The van der Waals surface area contributed by atoms with Gasteiger partial charge in [-0.2, -0.15) is 0 Å². The van der Waals surface area contributed by atoms with Gasteiger partial charge in [-0.05, 0) is 32.0 Å². The van der Waals surface area contributed by atoms with E-state index in [1.807, 2.05) is 0 Å². The molecule has 6 heteroatoms. The number of rotatable bonds is 3. The number of hydrogen-bond donors (Lipinski definition) is 1. The summed E-state index contributed by atoms with van der Waals surface area (Å²) in [4.78, 5) is 23.4. The average molecular weight is 309 g/mol. The molecule has 0 saturated heterocycles. The van der Waals surface area contributed by atoms with Crippen LogP contribution in [0.15, 0.2) is 35.1 Å². The Kier molecular flexibility index (Phi) is 4.43. The van der Waals surface area contributed by atoms with Crippen molar-refractivity contribution in [2.45, 2.75) is 20.4 Å². The van der Waals surface area contributed by atoms with Crippen molar-refractivity contribution < 1.29 is 9.18 Å². The van der Waals surface area contributed by atoms with Gasteiger partial charge in [0, 0.05) is 29.2 Å². The Morgan fingerprint density at radius 3 is 2.43 bits per heavy atom. The van der Waals surface area contributed by atoms with Crippen molar-refractivity contribution in [3.63, 3.8) is 0 Å². The van der Waals surface area contributed by atoms with E-state index in [1.165, 1.54) is 30.3 Å². The Morgan fingerprint density at radius 1 is 1.24 bits per heavy atom. The standard InChI is InChI=1S/C15H14ClFN2O2/c1-9-5-12(20)6-10(2)19(9)8-15(21)18-11-3-4-14(17)13(16)7-11/h3-7H,8H2,1-2H3,(H,18,21). The van der Waals surface area contributed by atoms with E-state index in [9.17, 15) is 14.0 Å². The number of anilines is 1. The van der Waals surface area contributed by atoms with E-state index in [0.717, 1.165) is 0 Å². The van der Waals surface area contributed by atoms with Crippen molar-refractivity contribution >= 4 is 23.2 Å². The van der Waals surface area contributed by atoms with Crippen molar-refractivity contribution in [1.82, 2.24) is 4.57 Å². The lowest BCUT2D eigenvalue weighted by atomic mass is 10.2. The Balaban J connectivity index is 2.15. The smallest absolute Gasteiger partial charge is 0.244 e. The van der Waals surface area contributed by atoms with Crippen molar-refractivity contribution in [2.24, 2.45) is 0 Å². The van der Waals surface area contributed by atoms with Crippen LogP contribution in [0.4, 0.5) is 10.1 Å². The third kappa shape index (κ3) is 3.70. The minimum Gasteiger partial charge on any atom is -0.340 e. The molecule has 2 aromatic rings. The van der Waals surface area contributed by atoms with Gasteiger partial charge in [-0.3, -0.25) is 9.59 Å². The topological polar surface area (TPSA) is 51.1 Å². The highest BCUT2D eigenvalue weighted by Crippen LogP contribution is 2.19. The molecule has 4 nitrogen and oxygen atoms in total. The quantitative estimate of drug-likeness (QED) is 0.948. The molecule has 21 heavy (non-hydrogen) atoms. The lowest BCUT2D eigenvalue weighted by molar-refractivity contribution is -0.116. The Labute approximate surface area is 126 Å². The van der Waals surface area contributed by atoms with Gasteiger partial charge in [-0.25, -0.2) is 4.39 Å². The zero-order valence-electron chi connectivity index (χ0n) is 11.6. The predicted octanol–water partition coefficient (Wildman–Crippen LogP) is 2.90. The molecule has 1 N–H and O–H groups in total. The van der Waals surface area contributed by atoms with E-state index in [2.05, 4.69) is 5.32 Å². The van der Waals surface area contributed by atoms with Crippen LogP contribution in [-0.2, 0) is 11.3 Å². The van der Waals surface area contributed by atoms with Crippen molar-refractivity contribution in [3.05, 3.63) is 62.8 Å². The van der Waals surface area contributed by atoms with E-state index in [0.29, 0.717) is 17.1 Å². The van der Waals surface area contributed by atoms with Gasteiger partial charge in [0.05, 0.1) is 5.02 Å². The molecule has 0 saturated carbocycles. The summed E-state index contributed by atoms with van der Waals surface area (Å²) in [6, 6.07) is 6.90. The first-order chi connectivity index (χ1) is 9.86. The second kappa shape index (κ2) is 6.10. The van der Waals surface area contributed by atoms with Gasteiger partial charge in [-0.15, -0.1) is 0 Å². The molecule has 0 fully saturated rings. The SMILES string of the molecule is Cc1cc(=O)cc(C)n1CC(=O)Nc1ccc(F)c(Cl)c1. The van der Waals surface area contributed by atoms with Crippen molar-refractivity contribution in [3.8, 4) is 0 Å². The van der Waals surface area contributed by atoms with Crippen LogP contribution in [-0.4, -0.2) is 10.5 Å². The van der Waals surface area contributed by atoms with Gasteiger partial charge in [0.1, 0.15) is 12.4 Å². The zero-order valence-corrected chi connectivity index (χ0v) is 12.4. The molecule has 0 spiro atoms. The highest BCUT2D eigenvalue weighted by molar-refractivity contribution is 6.31. The molecule has 2 rings (SSSR count). The molecule has 0 aliphatic carbocycles. The lowest BCUT2D eigenvalue weighted by Gasteiger charge is -2.14. The van der Waals surface area contributed by atoms with Gasteiger partial charge in [0.2, 0.25) is 5.91 Å². The maximum absolute atomic E-state index is 13.0. The van der Waals surface area contributed by atoms with Gasteiger partial charge < -0.3 is 9.88 Å². The maximum Gasteiger partial charge on any atom is 0.244 e. The molecule has 110 valence electrons. The minimum absolute atomic E-state index is 0.0523. The number of nitrogens with zero attached hydrogens (tertiary/aromatic N) is 1. The van der Waals surface area contributed by atoms with Crippen LogP contribution >= 0.6 is 11.6 Å². The number of nitrogens with one attached hydrogen (secondary N) is 1. The van der Waals surface area contributed by atoms with Crippen LogP contribution in [0.3, 0.4) is 0 Å². The minimum atomic E-state index is -0.540. The summed E-state index contributed by atoms with van der Waals surface area (Å²) in [6.07, 6.45) is 0. The Bertz CT molecular complexity index is 730. The van der Waals surface area contributed by atoms with E-state index in [1.54, 1.807) is 18.4 Å². The summed E-state index contributed by atoms with van der Waals surface area (Å²) in [5.41, 5.74) is 1.73. The number of carbonyl (C=O) groups excluding carboxylic acids is 1. The Hall–Kier alpha value is -2.14. The summed E-state index contributed by atoms with van der Waals surface area (Å²) < 4.78 is 14.8. The molecular weight excluding hydrogens is 295 g/mol. The first-order valence-corrected chi connectivity index (χ1v) is 6.67. The van der Waals surface area contributed by atoms with Gasteiger partial charge in [0.15, 0.2) is 5.43 Å². The number of aryl methyl sites for hydroxylation is 2. The average Bonchev–Trinajstić information content (AvgIpc) is 2.38. The van der Waals surface area contributed by atoms with Crippen LogP contribution in [0.25, 0.3) is 0 Å². The first-order valence-electron chi connectivity index (χ1n) is 6.30. The van der Waals surface area contributed by atoms with Crippen molar-refractivity contribution in [2.75, 3.05) is 5.32 Å². The number of pyridine rings is 1. The molecule has 1 amide bonds. The summed E-state index contributed by atoms with van der Waals surface area (Å²) in [5.74, 6) is -0.825. The molecule has 0 bridgehead atoms. The largest absolute Gasteiger partial charge is 0.340 e. The fourth-order valence-corrected chi connectivity index (χ4v) is 2.24. The number of aromatic nitrogens is 1. The van der Waals surface area contributed by atoms with E-state index < -0.39 is 5.82 Å². The van der Waals surface area contributed by atoms with Crippen molar-refractivity contribution in [1.29, 1.82) is 0 Å². The number of amides is 1. The van der Waals surface area contributed by atoms with Gasteiger partial charge in [0.25, 0.3) is 0 Å². The summed E-state index contributed by atoms with van der Waals surface area (Å²) in [7, 11) is 0. The molecule has 1 aromatic heterocycles. The number of hydrogen-bond acceptors (Lipinski definition) is 2. The second-order valence-electron chi connectivity index (χ2n) is 4.74. The third-order valence-electron chi connectivity index (χ3n) is 3.06. The van der Waals surface area contributed by atoms with E-state index in [-0.39, 0.29) is 22.9 Å². The molecule has 0 unspecified atom stereocenters. The molecule has 0 aliphatic heterocycles. The van der Waals surface area contributed by atoms with Crippen LogP contribution in [0.2, 0.25) is 5.02 Å². The predicted molar refractivity (Wildman–Crippen MR) is 80.2 cm³/mol. The zero-order chi connectivity index (χ0) is 15.6. The molecule has 0 radical (unpaired) electrons. The monoisotopic (exact) mass is 308 g/mol. The van der Waals surface area contributed by atoms with Crippen LogP contribution < -0.4 is 10.7 Å². The first kappa shape index (κ1) is 15.3. The maximum atomic E-state index is 13.0. The summed E-state index contributed by atoms with van der Waals surface area (Å²) in [5, 5.41) is 2.59. The van der Waals surface area contributed by atoms with E-state index in [4.69, 9.17) is 11.6 Å². The molecule has 1 heterocycles. The van der Waals surface area contributed by atoms with E-state index >= 15 is 0 Å². The lowest BCUT2D eigenvalue weighted by Crippen LogP contribution is -2.23. The molecule has 0 atom stereocenters. The van der Waals surface area contributed by atoms with Gasteiger partial charge in [-0.1, -0.05) is 11.6 Å².